The second-order valence-corrected chi connectivity index (χ2v) is 6.36. The molecule has 3 aromatic rings. The number of nitrogens with zero attached hydrogens (tertiary/aromatic N) is 2. The first-order valence-corrected chi connectivity index (χ1v) is 8.97. The molecule has 0 aliphatic heterocycles. The third-order valence-corrected chi connectivity index (χ3v) is 4.43. The minimum Gasteiger partial charge on any atom is -0.307 e. The summed E-state index contributed by atoms with van der Waals surface area (Å²) < 4.78 is 1.82. The molecule has 0 aliphatic rings. The number of para-hydroxylation sites is 1. The summed E-state index contributed by atoms with van der Waals surface area (Å²) in [4.78, 5) is 17.6. The van der Waals surface area contributed by atoms with Gasteiger partial charge in [-0.05, 0) is 44.0 Å². The Balaban J connectivity index is 1.83. The molecule has 1 N–H and O–H groups in total. The Morgan fingerprint density at radius 2 is 1.80 bits per heavy atom. The molecule has 1 heterocycles. The number of hydrogen-bond donors (Lipinski definition) is 1. The van der Waals surface area contributed by atoms with Gasteiger partial charge in [-0.1, -0.05) is 49.4 Å². The lowest BCUT2D eigenvalue weighted by molar-refractivity contribution is 0.496. The smallest absolute Gasteiger partial charge is 0.261 e. The van der Waals surface area contributed by atoms with Gasteiger partial charge < -0.3 is 5.32 Å². The maximum absolute atomic E-state index is 12.8. The summed E-state index contributed by atoms with van der Waals surface area (Å²) in [6.07, 6.45) is 1.86. The van der Waals surface area contributed by atoms with Crippen molar-refractivity contribution in [1.82, 2.24) is 14.9 Å². The quantitative estimate of drug-likeness (QED) is 0.716. The average molecular weight is 335 g/mol. The van der Waals surface area contributed by atoms with Crippen LogP contribution >= 0.6 is 0 Å². The van der Waals surface area contributed by atoms with E-state index in [-0.39, 0.29) is 11.6 Å². The molecule has 1 aromatic heterocycles. The van der Waals surface area contributed by atoms with Gasteiger partial charge in [0.1, 0.15) is 5.82 Å². The van der Waals surface area contributed by atoms with E-state index in [4.69, 9.17) is 4.98 Å². The van der Waals surface area contributed by atoms with E-state index in [1.807, 2.05) is 34.9 Å². The van der Waals surface area contributed by atoms with Crippen molar-refractivity contribution in [2.45, 2.75) is 39.3 Å². The topological polar surface area (TPSA) is 46.9 Å². The molecule has 0 bridgehead atoms. The van der Waals surface area contributed by atoms with Gasteiger partial charge in [-0.15, -0.1) is 0 Å². The van der Waals surface area contributed by atoms with Crippen molar-refractivity contribution in [3.63, 3.8) is 0 Å². The monoisotopic (exact) mass is 335 g/mol. The molecule has 130 valence electrons. The van der Waals surface area contributed by atoms with Crippen LogP contribution in [0, 0.1) is 0 Å². The fraction of sp³-hybridized carbons (Fsp3) is 0.333. The predicted molar refractivity (Wildman–Crippen MR) is 103 cm³/mol. The van der Waals surface area contributed by atoms with Crippen LogP contribution in [0.1, 0.15) is 37.7 Å². The first kappa shape index (κ1) is 17.4. The lowest BCUT2D eigenvalue weighted by atomic mass is 10.1. The first-order chi connectivity index (χ1) is 12.2. The highest BCUT2D eigenvalue weighted by Gasteiger charge is 2.15. The van der Waals surface area contributed by atoms with Gasteiger partial charge >= 0.3 is 0 Å². The zero-order valence-corrected chi connectivity index (χ0v) is 14.9. The molecular formula is C21H25N3O. The van der Waals surface area contributed by atoms with Crippen molar-refractivity contribution < 1.29 is 0 Å². The van der Waals surface area contributed by atoms with E-state index in [0.29, 0.717) is 11.9 Å². The molecular weight excluding hydrogens is 310 g/mol. The zero-order chi connectivity index (χ0) is 17.6. The number of rotatable bonds is 7. The van der Waals surface area contributed by atoms with E-state index in [1.165, 1.54) is 5.56 Å². The minimum atomic E-state index is 0.0209. The van der Waals surface area contributed by atoms with Gasteiger partial charge in [0.2, 0.25) is 0 Å². The summed E-state index contributed by atoms with van der Waals surface area (Å²) in [5.74, 6) is 0.818. The Labute approximate surface area is 148 Å². The number of hydrogen-bond acceptors (Lipinski definition) is 3. The second kappa shape index (κ2) is 8.08. The highest BCUT2D eigenvalue weighted by molar-refractivity contribution is 5.77. The number of aromatic nitrogens is 2. The highest BCUT2D eigenvalue weighted by atomic mass is 16.1. The number of nitrogens with one attached hydrogen (secondary N) is 1. The van der Waals surface area contributed by atoms with Gasteiger partial charge in [-0.25, -0.2) is 4.98 Å². The summed E-state index contributed by atoms with van der Waals surface area (Å²) in [6.45, 7) is 5.70. The summed E-state index contributed by atoms with van der Waals surface area (Å²) >= 11 is 0. The third-order valence-electron chi connectivity index (χ3n) is 4.43. The maximum Gasteiger partial charge on any atom is 0.261 e. The molecule has 1 unspecified atom stereocenters. The Bertz CT molecular complexity index is 887. The summed E-state index contributed by atoms with van der Waals surface area (Å²) in [5.41, 5.74) is 2.13. The third kappa shape index (κ3) is 3.97. The molecule has 1 atom stereocenters. The molecule has 4 heteroatoms. The van der Waals surface area contributed by atoms with Crippen LogP contribution in [-0.2, 0) is 13.0 Å². The van der Waals surface area contributed by atoms with Crippen LogP contribution < -0.4 is 10.9 Å². The predicted octanol–water partition coefficient (Wildman–Crippen LogP) is 3.70. The molecule has 3 rings (SSSR count). The van der Waals surface area contributed by atoms with Crippen LogP contribution in [0.15, 0.2) is 59.4 Å². The molecule has 2 aromatic carbocycles. The highest BCUT2D eigenvalue weighted by Crippen LogP contribution is 2.14. The molecule has 0 saturated carbocycles. The van der Waals surface area contributed by atoms with E-state index in [9.17, 15) is 4.79 Å². The summed E-state index contributed by atoms with van der Waals surface area (Å²) in [7, 11) is 0. The van der Waals surface area contributed by atoms with Gasteiger partial charge in [0.05, 0.1) is 16.9 Å². The fourth-order valence-electron chi connectivity index (χ4n) is 3.12. The molecule has 0 radical (unpaired) electrons. The average Bonchev–Trinajstić information content (AvgIpc) is 2.65. The van der Waals surface area contributed by atoms with Crippen LogP contribution in [0.2, 0.25) is 0 Å². The maximum atomic E-state index is 12.8. The van der Waals surface area contributed by atoms with Crippen molar-refractivity contribution in [1.29, 1.82) is 0 Å². The van der Waals surface area contributed by atoms with Gasteiger partial charge in [0.25, 0.3) is 5.56 Å². The molecule has 0 saturated heterocycles. The molecule has 0 amide bonds. The Morgan fingerprint density at radius 1 is 1.08 bits per heavy atom. The fourth-order valence-corrected chi connectivity index (χ4v) is 3.12. The van der Waals surface area contributed by atoms with Crippen LogP contribution in [-0.4, -0.2) is 16.1 Å². The van der Waals surface area contributed by atoms with Gasteiger partial charge in [-0.3, -0.25) is 9.36 Å². The number of benzene rings is 2. The molecule has 0 aliphatic carbocycles. The first-order valence-electron chi connectivity index (χ1n) is 8.97. The Morgan fingerprint density at radius 3 is 2.56 bits per heavy atom. The van der Waals surface area contributed by atoms with E-state index in [0.717, 1.165) is 30.7 Å². The van der Waals surface area contributed by atoms with Crippen LogP contribution in [0.5, 0.6) is 0 Å². The van der Waals surface area contributed by atoms with Gasteiger partial charge in [0.15, 0.2) is 0 Å². The lowest BCUT2D eigenvalue weighted by Gasteiger charge is -2.19. The zero-order valence-electron chi connectivity index (χ0n) is 14.9. The Kier molecular flexibility index (Phi) is 5.61. The van der Waals surface area contributed by atoms with Crippen molar-refractivity contribution >= 4 is 10.9 Å². The van der Waals surface area contributed by atoms with Crippen molar-refractivity contribution in [2.75, 3.05) is 6.54 Å². The minimum absolute atomic E-state index is 0.0209. The van der Waals surface area contributed by atoms with E-state index in [2.05, 4.69) is 43.4 Å². The van der Waals surface area contributed by atoms with Gasteiger partial charge in [0, 0.05) is 6.54 Å². The van der Waals surface area contributed by atoms with Gasteiger partial charge in [-0.2, -0.15) is 0 Å². The van der Waals surface area contributed by atoms with Crippen molar-refractivity contribution in [2.24, 2.45) is 0 Å². The molecule has 0 fully saturated rings. The van der Waals surface area contributed by atoms with Crippen molar-refractivity contribution in [3.8, 4) is 0 Å². The van der Waals surface area contributed by atoms with Crippen LogP contribution in [0.4, 0.5) is 0 Å². The molecule has 25 heavy (non-hydrogen) atoms. The lowest BCUT2D eigenvalue weighted by Crippen LogP contribution is -2.31. The summed E-state index contributed by atoms with van der Waals surface area (Å²) in [5, 5.41) is 4.21. The molecule has 0 spiro atoms. The van der Waals surface area contributed by atoms with E-state index in [1.54, 1.807) is 0 Å². The van der Waals surface area contributed by atoms with E-state index >= 15 is 0 Å². The largest absolute Gasteiger partial charge is 0.307 e. The Hall–Kier alpha value is -2.46. The van der Waals surface area contributed by atoms with Crippen molar-refractivity contribution in [3.05, 3.63) is 76.3 Å². The second-order valence-electron chi connectivity index (χ2n) is 6.36. The molecule has 4 nitrogen and oxygen atoms in total. The summed E-state index contributed by atoms with van der Waals surface area (Å²) in [6, 6.07) is 18.0. The van der Waals surface area contributed by atoms with Crippen LogP contribution in [0.3, 0.4) is 0 Å². The normalized spacial score (nSPS) is 12.4. The standard InChI is InChI=1S/C21H25N3O/c1-3-15-24-20(23-19-12-8-7-11-18(19)21(24)25)16(2)22-14-13-17-9-5-4-6-10-17/h4-12,16,22H,3,13-15H2,1-2H3. The SMILES string of the molecule is CCCn1c(C(C)NCCc2ccccc2)nc2ccccc2c1=O. The number of fused-ring (bicyclic) bond motifs is 1. The van der Waals surface area contributed by atoms with E-state index < -0.39 is 0 Å². The van der Waals surface area contributed by atoms with Crippen LogP contribution in [0.25, 0.3) is 10.9 Å².